The molecule has 0 saturated heterocycles. The highest BCUT2D eigenvalue weighted by Gasteiger charge is 2.65. The van der Waals surface area contributed by atoms with Gasteiger partial charge in [0.05, 0.1) is 10.4 Å². The molecule has 0 N–H and O–H groups in total. The topological polar surface area (TPSA) is 0 Å². The molecule has 0 heterocycles. The molecule has 0 amide bonds. The van der Waals surface area contributed by atoms with Crippen LogP contribution >= 0.6 is 11.6 Å². The summed E-state index contributed by atoms with van der Waals surface area (Å²) in [6, 6.07) is 28.5. The molecule has 0 saturated carbocycles. The molecule has 3 aliphatic rings. The van der Waals surface area contributed by atoms with E-state index in [1.807, 2.05) is 0 Å². The number of benzene rings is 3. The van der Waals surface area contributed by atoms with Crippen molar-refractivity contribution in [2.75, 3.05) is 0 Å². The quantitative estimate of drug-likeness (QED) is 0.422. The summed E-state index contributed by atoms with van der Waals surface area (Å²) in [4.78, 5) is 0. The van der Waals surface area contributed by atoms with Gasteiger partial charge in [0.1, 0.15) is 0 Å². The number of hydrogen-bond acceptors (Lipinski definition) is 0. The Morgan fingerprint density at radius 2 is 1.36 bits per heavy atom. The van der Waals surface area contributed by atoms with Crippen LogP contribution in [-0.4, -0.2) is 0 Å². The van der Waals surface area contributed by atoms with Crippen molar-refractivity contribution in [2.45, 2.75) is 25.7 Å². The fourth-order valence-corrected chi connectivity index (χ4v) is 6.46. The van der Waals surface area contributed by atoms with Crippen molar-refractivity contribution in [3.8, 4) is 0 Å². The second-order valence-electron chi connectivity index (χ2n) is 8.82. The van der Waals surface area contributed by atoms with Crippen molar-refractivity contribution < 1.29 is 0 Å². The van der Waals surface area contributed by atoms with Gasteiger partial charge in [-0.15, -0.1) is 0 Å². The molecule has 0 radical (unpaired) electrons. The maximum absolute atomic E-state index is 7.10. The van der Waals surface area contributed by atoms with Gasteiger partial charge < -0.3 is 0 Å². The first-order valence-corrected chi connectivity index (χ1v) is 10.3. The molecule has 6 rings (SSSR count). The van der Waals surface area contributed by atoms with Gasteiger partial charge in [0, 0.05) is 5.56 Å². The summed E-state index contributed by atoms with van der Waals surface area (Å²) in [5.74, 6) is 0. The number of halogens is 1. The predicted octanol–water partition coefficient (Wildman–Crippen LogP) is 7.09. The van der Waals surface area contributed by atoms with Gasteiger partial charge in [-0.2, -0.15) is 0 Å². The molecule has 0 aromatic heterocycles. The molecule has 0 nitrogen and oxygen atoms in total. The van der Waals surface area contributed by atoms with E-state index in [1.165, 1.54) is 44.5 Å². The minimum Gasteiger partial charge on any atom is -0.0833 e. The maximum atomic E-state index is 7.10. The molecule has 3 aromatic carbocycles. The predicted molar refractivity (Wildman–Crippen MR) is 118 cm³/mol. The van der Waals surface area contributed by atoms with Gasteiger partial charge in [-0.3, -0.25) is 0 Å². The van der Waals surface area contributed by atoms with E-state index in [1.54, 1.807) is 0 Å². The standard InChI is InChI=1S/C27H21Cl/c1-26(2)16-18-12-6-9-15-21(18)27(26)23(17-10-4-3-5-11-17)22-19-13-7-8-14-20(19)25(28)24(22)27/h3-15H,16H2,1-2H3. The fraction of sp³-hybridized carbons (Fsp3) is 0.185. The van der Waals surface area contributed by atoms with Crippen molar-refractivity contribution in [1.82, 2.24) is 0 Å². The van der Waals surface area contributed by atoms with Gasteiger partial charge in [-0.25, -0.2) is 0 Å². The zero-order valence-electron chi connectivity index (χ0n) is 16.1. The highest BCUT2D eigenvalue weighted by atomic mass is 35.5. The fourth-order valence-electron chi connectivity index (χ4n) is 6.06. The van der Waals surface area contributed by atoms with Gasteiger partial charge in [0.2, 0.25) is 0 Å². The Bertz CT molecular complexity index is 1210. The van der Waals surface area contributed by atoms with Gasteiger partial charge >= 0.3 is 0 Å². The normalized spacial score (nSPS) is 23.5. The molecule has 28 heavy (non-hydrogen) atoms. The molecule has 136 valence electrons. The first-order chi connectivity index (χ1) is 13.6. The second-order valence-corrected chi connectivity index (χ2v) is 9.20. The number of allylic oxidation sites excluding steroid dienone is 3. The minimum atomic E-state index is -0.156. The molecule has 0 aliphatic heterocycles. The SMILES string of the molecule is CC1(C)Cc2ccccc2C12C1=C(Cl)c3ccccc3C1=C2c1ccccc1. The first kappa shape index (κ1) is 16.4. The molecule has 3 aliphatic carbocycles. The third-order valence-electron chi connectivity index (χ3n) is 7.03. The largest absolute Gasteiger partial charge is 0.0833 e. The van der Waals surface area contributed by atoms with E-state index in [0.717, 1.165) is 11.5 Å². The van der Waals surface area contributed by atoms with Crippen LogP contribution in [-0.2, 0) is 11.8 Å². The van der Waals surface area contributed by atoms with Crippen LogP contribution in [0.3, 0.4) is 0 Å². The van der Waals surface area contributed by atoms with E-state index in [-0.39, 0.29) is 10.8 Å². The number of hydrogen-bond donors (Lipinski definition) is 0. The number of rotatable bonds is 1. The van der Waals surface area contributed by atoms with E-state index >= 15 is 0 Å². The summed E-state index contributed by atoms with van der Waals surface area (Å²) in [7, 11) is 0. The van der Waals surface area contributed by atoms with Crippen molar-refractivity contribution >= 4 is 27.8 Å². The summed E-state index contributed by atoms with van der Waals surface area (Å²) >= 11 is 7.10. The van der Waals surface area contributed by atoms with Gasteiger partial charge in [0.15, 0.2) is 0 Å². The summed E-state index contributed by atoms with van der Waals surface area (Å²) in [6.45, 7) is 4.82. The molecule has 1 atom stereocenters. The van der Waals surface area contributed by atoms with Crippen LogP contribution in [0.25, 0.3) is 16.2 Å². The molecular formula is C27H21Cl. The van der Waals surface area contributed by atoms with Crippen LogP contribution in [0.2, 0.25) is 0 Å². The van der Waals surface area contributed by atoms with Crippen LogP contribution in [0, 0.1) is 5.41 Å². The van der Waals surface area contributed by atoms with Crippen molar-refractivity contribution in [3.63, 3.8) is 0 Å². The van der Waals surface area contributed by atoms with Crippen molar-refractivity contribution in [2.24, 2.45) is 5.41 Å². The maximum Gasteiger partial charge on any atom is 0.0541 e. The van der Waals surface area contributed by atoms with E-state index in [4.69, 9.17) is 11.6 Å². The average Bonchev–Trinajstić information content (AvgIpc) is 3.08. The lowest BCUT2D eigenvalue weighted by Crippen LogP contribution is -2.47. The highest BCUT2D eigenvalue weighted by Crippen LogP contribution is 2.75. The smallest absolute Gasteiger partial charge is 0.0541 e. The van der Waals surface area contributed by atoms with E-state index in [2.05, 4.69) is 92.7 Å². The zero-order chi connectivity index (χ0) is 19.1. The minimum absolute atomic E-state index is 0.0584. The van der Waals surface area contributed by atoms with Crippen LogP contribution in [0.15, 0.2) is 84.4 Å². The summed E-state index contributed by atoms with van der Waals surface area (Å²) in [6.07, 6.45) is 1.07. The Kier molecular flexibility index (Phi) is 3.09. The molecular weight excluding hydrogens is 360 g/mol. The van der Waals surface area contributed by atoms with Gasteiger partial charge in [-0.05, 0) is 50.8 Å². The Hall–Kier alpha value is -2.57. The highest BCUT2D eigenvalue weighted by molar-refractivity contribution is 6.54. The number of fused-ring (bicyclic) bond motifs is 6. The van der Waals surface area contributed by atoms with Crippen LogP contribution in [0.1, 0.15) is 41.7 Å². The third kappa shape index (κ3) is 1.69. The Balaban J connectivity index is 1.79. The molecule has 0 fully saturated rings. The Morgan fingerprint density at radius 1 is 0.714 bits per heavy atom. The zero-order valence-corrected chi connectivity index (χ0v) is 16.8. The van der Waals surface area contributed by atoms with E-state index in [0.29, 0.717) is 0 Å². The lowest BCUT2D eigenvalue weighted by Gasteiger charge is -2.54. The summed E-state index contributed by atoms with van der Waals surface area (Å²) in [5, 5.41) is 0.940. The first-order valence-electron chi connectivity index (χ1n) is 9.96. The lowest BCUT2D eigenvalue weighted by molar-refractivity contribution is 0.280. The molecule has 0 bridgehead atoms. The van der Waals surface area contributed by atoms with Gasteiger partial charge in [0.25, 0.3) is 0 Å². The molecule has 1 spiro atoms. The molecule has 1 heteroatoms. The second kappa shape index (κ2) is 5.27. The van der Waals surface area contributed by atoms with Crippen molar-refractivity contribution in [3.05, 3.63) is 112 Å². The average molecular weight is 381 g/mol. The van der Waals surface area contributed by atoms with Crippen LogP contribution < -0.4 is 0 Å². The molecule has 3 aromatic rings. The van der Waals surface area contributed by atoms with E-state index < -0.39 is 0 Å². The van der Waals surface area contributed by atoms with Gasteiger partial charge in [-0.1, -0.05) is 104 Å². The summed E-state index contributed by atoms with van der Waals surface area (Å²) < 4.78 is 0. The summed E-state index contributed by atoms with van der Waals surface area (Å²) in [5.41, 5.74) is 10.7. The van der Waals surface area contributed by atoms with Crippen LogP contribution in [0.4, 0.5) is 0 Å². The van der Waals surface area contributed by atoms with E-state index in [9.17, 15) is 0 Å². The van der Waals surface area contributed by atoms with Crippen LogP contribution in [0.5, 0.6) is 0 Å². The Morgan fingerprint density at radius 3 is 2.14 bits per heavy atom. The lowest BCUT2D eigenvalue weighted by atomic mass is 9.47. The monoisotopic (exact) mass is 380 g/mol. The van der Waals surface area contributed by atoms with Crippen molar-refractivity contribution in [1.29, 1.82) is 0 Å². The Labute approximate surface area is 171 Å². The third-order valence-corrected chi connectivity index (χ3v) is 7.43. The molecule has 1 unspecified atom stereocenters.